The Morgan fingerprint density at radius 1 is 1.19 bits per heavy atom. The number of hydrogen-bond acceptors (Lipinski definition) is 3. The van der Waals surface area contributed by atoms with Gasteiger partial charge in [-0.15, -0.1) is 0 Å². The van der Waals surface area contributed by atoms with Crippen LogP contribution < -0.4 is 10.9 Å². The average molecular weight is 491 g/mol. The number of halogens is 2. The molecule has 0 aliphatic heterocycles. The van der Waals surface area contributed by atoms with E-state index in [0.717, 1.165) is 19.3 Å². The summed E-state index contributed by atoms with van der Waals surface area (Å²) in [6.07, 6.45) is 6.36. The molecule has 1 amide bonds. The quantitative estimate of drug-likeness (QED) is 0.391. The normalized spacial score (nSPS) is 14.6. The Bertz CT molecular complexity index is 1500. The predicted octanol–water partition coefficient (Wildman–Crippen LogP) is 5.12. The van der Waals surface area contributed by atoms with Gasteiger partial charge in [-0.25, -0.2) is 13.8 Å². The maximum absolute atomic E-state index is 15.0. The minimum absolute atomic E-state index is 0.103. The molecule has 1 saturated carbocycles. The van der Waals surface area contributed by atoms with Crippen LogP contribution in [0, 0.1) is 24.5 Å². The molecule has 4 aromatic rings. The number of hydrogen-bond donors (Lipinski definition) is 1. The minimum atomic E-state index is -0.681. The third-order valence-corrected chi connectivity index (χ3v) is 7.29. The summed E-state index contributed by atoms with van der Waals surface area (Å²) in [5, 5.41) is 3.23. The lowest BCUT2D eigenvalue weighted by Crippen LogP contribution is -2.38. The summed E-state index contributed by atoms with van der Waals surface area (Å²) in [5.74, 6) is -0.648. The fraction of sp³-hybridized carbons (Fsp3) is 0.321. The lowest BCUT2D eigenvalue weighted by molar-refractivity contribution is 0.0900. The standard InChI is InChI=1S/C28H28F2N4O2/c1-3-33-14-13-31-23(33)16-34-17(2)24(21-11-6-12-22(30)25(21)28(34)36)27(35)32-26(18-7-4-8-18)19-9-5-10-20(29)15-19/h5-6,9-15,18,26H,3-4,7-8,16H2,1-2H3,(H,32,35)/t26-/m0/s1. The van der Waals surface area contributed by atoms with Crippen LogP contribution in [-0.4, -0.2) is 20.0 Å². The molecule has 0 bridgehead atoms. The molecule has 8 heteroatoms. The number of aryl methyl sites for hydroxylation is 1. The van der Waals surface area contributed by atoms with Crippen molar-refractivity contribution in [3.63, 3.8) is 0 Å². The summed E-state index contributed by atoms with van der Waals surface area (Å²) in [7, 11) is 0. The third-order valence-electron chi connectivity index (χ3n) is 7.29. The van der Waals surface area contributed by atoms with Crippen molar-refractivity contribution < 1.29 is 13.6 Å². The first kappa shape index (κ1) is 23.9. The second-order valence-electron chi connectivity index (χ2n) is 9.34. The van der Waals surface area contributed by atoms with Gasteiger partial charge in [0.1, 0.15) is 17.5 Å². The third kappa shape index (κ3) is 4.21. The average Bonchev–Trinajstić information content (AvgIpc) is 3.27. The van der Waals surface area contributed by atoms with E-state index in [1.807, 2.05) is 23.8 Å². The van der Waals surface area contributed by atoms with Gasteiger partial charge in [-0.1, -0.05) is 30.7 Å². The molecular weight excluding hydrogens is 462 g/mol. The fourth-order valence-corrected chi connectivity index (χ4v) is 5.12. The van der Waals surface area contributed by atoms with E-state index in [-0.39, 0.29) is 40.7 Å². The maximum atomic E-state index is 15.0. The molecule has 1 fully saturated rings. The number of imidazole rings is 1. The number of benzene rings is 2. The molecule has 1 atom stereocenters. The van der Waals surface area contributed by atoms with Crippen molar-refractivity contribution in [2.75, 3.05) is 0 Å². The Balaban J connectivity index is 1.63. The van der Waals surface area contributed by atoms with Crippen LogP contribution in [0.4, 0.5) is 8.78 Å². The molecule has 1 aliphatic carbocycles. The van der Waals surface area contributed by atoms with Crippen LogP contribution in [0.2, 0.25) is 0 Å². The molecule has 0 radical (unpaired) electrons. The first-order valence-electron chi connectivity index (χ1n) is 12.3. The van der Waals surface area contributed by atoms with E-state index < -0.39 is 17.3 Å². The summed E-state index contributed by atoms with van der Waals surface area (Å²) in [6.45, 7) is 4.42. The molecular formula is C28H28F2N4O2. The Morgan fingerprint density at radius 2 is 1.97 bits per heavy atom. The van der Waals surface area contributed by atoms with E-state index in [4.69, 9.17) is 0 Å². The van der Waals surface area contributed by atoms with Crippen LogP contribution >= 0.6 is 0 Å². The van der Waals surface area contributed by atoms with Gasteiger partial charge < -0.3 is 14.5 Å². The van der Waals surface area contributed by atoms with Crippen molar-refractivity contribution in [2.45, 2.75) is 52.2 Å². The van der Waals surface area contributed by atoms with E-state index >= 15 is 0 Å². The number of amides is 1. The van der Waals surface area contributed by atoms with Crippen molar-refractivity contribution in [2.24, 2.45) is 5.92 Å². The molecule has 0 saturated heterocycles. The topological polar surface area (TPSA) is 68.9 Å². The summed E-state index contributed by atoms with van der Waals surface area (Å²) in [6, 6.07) is 10.2. The van der Waals surface area contributed by atoms with Gasteiger partial charge in [0, 0.05) is 30.0 Å². The van der Waals surface area contributed by atoms with Crippen molar-refractivity contribution in [1.82, 2.24) is 19.4 Å². The Kier molecular flexibility index (Phi) is 6.43. The lowest BCUT2D eigenvalue weighted by atomic mass is 9.77. The van der Waals surface area contributed by atoms with Crippen LogP contribution in [0.15, 0.2) is 59.7 Å². The number of rotatable bonds is 7. The molecule has 186 valence electrons. The summed E-state index contributed by atoms with van der Waals surface area (Å²) >= 11 is 0. The van der Waals surface area contributed by atoms with Gasteiger partial charge in [-0.2, -0.15) is 0 Å². The van der Waals surface area contributed by atoms with E-state index in [1.165, 1.54) is 28.8 Å². The van der Waals surface area contributed by atoms with Gasteiger partial charge in [0.25, 0.3) is 11.5 Å². The van der Waals surface area contributed by atoms with Crippen LogP contribution in [0.1, 0.15) is 59.7 Å². The number of pyridine rings is 1. The lowest BCUT2D eigenvalue weighted by Gasteiger charge is -2.35. The number of nitrogens with zero attached hydrogens (tertiary/aromatic N) is 3. The molecule has 2 aromatic heterocycles. The zero-order valence-electron chi connectivity index (χ0n) is 20.3. The van der Waals surface area contributed by atoms with E-state index in [1.54, 1.807) is 25.3 Å². The van der Waals surface area contributed by atoms with E-state index in [0.29, 0.717) is 23.6 Å². The van der Waals surface area contributed by atoms with E-state index in [9.17, 15) is 18.4 Å². The highest BCUT2D eigenvalue weighted by atomic mass is 19.1. The molecule has 0 unspecified atom stereocenters. The highest BCUT2D eigenvalue weighted by molar-refractivity contribution is 6.08. The predicted molar refractivity (Wildman–Crippen MR) is 134 cm³/mol. The molecule has 6 nitrogen and oxygen atoms in total. The second kappa shape index (κ2) is 9.68. The molecule has 1 N–H and O–H groups in total. The molecule has 2 aromatic carbocycles. The monoisotopic (exact) mass is 490 g/mol. The number of fused-ring (bicyclic) bond motifs is 1. The minimum Gasteiger partial charge on any atom is -0.345 e. The van der Waals surface area contributed by atoms with Crippen molar-refractivity contribution >= 4 is 16.7 Å². The SMILES string of the molecule is CCn1ccnc1Cn1c(C)c(C(=O)N[C@H](c2cccc(F)c2)C2CCC2)c2cccc(F)c2c1=O. The van der Waals surface area contributed by atoms with Gasteiger partial charge in [0.15, 0.2) is 0 Å². The van der Waals surface area contributed by atoms with E-state index in [2.05, 4.69) is 10.3 Å². The van der Waals surface area contributed by atoms with Gasteiger partial charge in [-0.3, -0.25) is 9.59 Å². The summed E-state index contributed by atoms with van der Waals surface area (Å²) < 4.78 is 32.3. The first-order chi connectivity index (χ1) is 17.4. The molecule has 5 rings (SSSR count). The van der Waals surface area contributed by atoms with Gasteiger partial charge >= 0.3 is 0 Å². The Labute approximate surface area is 207 Å². The number of carbonyl (C=O) groups is 1. The number of aromatic nitrogens is 3. The smallest absolute Gasteiger partial charge is 0.262 e. The zero-order valence-corrected chi connectivity index (χ0v) is 20.3. The van der Waals surface area contributed by atoms with Crippen molar-refractivity contribution in [1.29, 1.82) is 0 Å². The summed E-state index contributed by atoms with van der Waals surface area (Å²) in [4.78, 5) is 31.6. The fourth-order valence-electron chi connectivity index (χ4n) is 5.12. The molecule has 1 aliphatic rings. The zero-order chi connectivity index (χ0) is 25.4. The number of nitrogens with one attached hydrogen (secondary N) is 1. The highest BCUT2D eigenvalue weighted by Gasteiger charge is 2.32. The largest absolute Gasteiger partial charge is 0.345 e. The van der Waals surface area contributed by atoms with Crippen molar-refractivity contribution in [3.8, 4) is 0 Å². The maximum Gasteiger partial charge on any atom is 0.262 e. The van der Waals surface area contributed by atoms with Crippen LogP contribution in [0.5, 0.6) is 0 Å². The van der Waals surface area contributed by atoms with Crippen LogP contribution in [0.3, 0.4) is 0 Å². The van der Waals surface area contributed by atoms with Crippen LogP contribution in [0.25, 0.3) is 10.8 Å². The highest BCUT2D eigenvalue weighted by Crippen LogP contribution is 2.38. The summed E-state index contributed by atoms with van der Waals surface area (Å²) in [5.41, 5.74) is 0.843. The van der Waals surface area contributed by atoms with Crippen LogP contribution in [-0.2, 0) is 13.1 Å². The second-order valence-corrected chi connectivity index (χ2v) is 9.34. The van der Waals surface area contributed by atoms with Crippen molar-refractivity contribution in [3.05, 3.63) is 99.5 Å². The molecule has 0 spiro atoms. The van der Waals surface area contributed by atoms with Gasteiger partial charge in [-0.05, 0) is 56.4 Å². The molecule has 36 heavy (non-hydrogen) atoms. The Hall–Kier alpha value is -3.81. The van der Waals surface area contributed by atoms with Gasteiger partial charge in [0.05, 0.1) is 23.5 Å². The number of carbonyl (C=O) groups excluding carboxylic acids is 1. The van der Waals surface area contributed by atoms with Gasteiger partial charge in [0.2, 0.25) is 0 Å². The Morgan fingerprint density at radius 3 is 2.67 bits per heavy atom. The molecule has 2 heterocycles. The first-order valence-corrected chi connectivity index (χ1v) is 12.3.